The summed E-state index contributed by atoms with van der Waals surface area (Å²) in [6, 6.07) is 1.62. The Hall–Kier alpha value is -1.10. The van der Waals surface area contributed by atoms with Gasteiger partial charge in [-0.3, -0.25) is 0 Å². The van der Waals surface area contributed by atoms with Crippen LogP contribution < -0.4 is 5.73 Å². The van der Waals surface area contributed by atoms with Crippen molar-refractivity contribution in [3.63, 3.8) is 0 Å². The van der Waals surface area contributed by atoms with Gasteiger partial charge in [-0.05, 0) is 24.1 Å². The average Bonchev–Trinajstić information content (AvgIpc) is 2.26. The summed E-state index contributed by atoms with van der Waals surface area (Å²) < 4.78 is 50.9. The lowest BCUT2D eigenvalue weighted by atomic mass is 9.92. The molecule has 1 aromatic rings. The predicted molar refractivity (Wildman–Crippen MR) is 57.8 cm³/mol. The molecule has 0 amide bonds. The van der Waals surface area contributed by atoms with Crippen LogP contribution in [0.2, 0.25) is 0 Å². The first-order chi connectivity index (χ1) is 7.77. The summed E-state index contributed by atoms with van der Waals surface area (Å²) in [6.45, 7) is 3.64. The van der Waals surface area contributed by atoms with Crippen LogP contribution in [0, 0.1) is 11.7 Å². The Labute approximate surface area is 97.6 Å². The Morgan fingerprint density at radius 1 is 1.29 bits per heavy atom. The minimum Gasteiger partial charge on any atom is -0.324 e. The number of hydrogen-bond donors (Lipinski definition) is 1. The highest BCUT2D eigenvalue weighted by Gasteiger charge is 2.32. The molecule has 1 aromatic carbocycles. The zero-order chi connectivity index (χ0) is 13.2. The van der Waals surface area contributed by atoms with E-state index in [0.29, 0.717) is 6.42 Å². The molecule has 0 heterocycles. The zero-order valence-corrected chi connectivity index (χ0v) is 9.68. The highest BCUT2D eigenvalue weighted by Crippen LogP contribution is 2.33. The fraction of sp³-hybridized carbons (Fsp3) is 0.500. The van der Waals surface area contributed by atoms with Crippen molar-refractivity contribution in [2.45, 2.75) is 32.5 Å². The second kappa shape index (κ2) is 5.04. The van der Waals surface area contributed by atoms with Crippen LogP contribution in [0.25, 0.3) is 0 Å². The third-order valence-electron chi connectivity index (χ3n) is 2.94. The molecule has 0 spiro atoms. The molecular formula is C12H15F4N. The monoisotopic (exact) mass is 249 g/mol. The van der Waals surface area contributed by atoms with E-state index in [0.717, 1.165) is 18.2 Å². The van der Waals surface area contributed by atoms with E-state index in [1.54, 1.807) is 6.92 Å². The summed E-state index contributed by atoms with van der Waals surface area (Å²) in [7, 11) is 0. The summed E-state index contributed by atoms with van der Waals surface area (Å²) in [5.41, 5.74) is 4.81. The van der Waals surface area contributed by atoms with Crippen molar-refractivity contribution in [2.24, 2.45) is 11.7 Å². The summed E-state index contributed by atoms with van der Waals surface area (Å²) >= 11 is 0. The van der Waals surface area contributed by atoms with Gasteiger partial charge < -0.3 is 5.73 Å². The van der Waals surface area contributed by atoms with E-state index in [1.165, 1.54) is 0 Å². The van der Waals surface area contributed by atoms with Crippen LogP contribution >= 0.6 is 0 Å². The quantitative estimate of drug-likeness (QED) is 0.808. The molecule has 0 aliphatic heterocycles. The van der Waals surface area contributed by atoms with E-state index in [2.05, 4.69) is 0 Å². The zero-order valence-electron chi connectivity index (χ0n) is 9.68. The number of nitrogens with two attached hydrogens (primary N) is 1. The first-order valence-electron chi connectivity index (χ1n) is 5.39. The third-order valence-corrected chi connectivity index (χ3v) is 2.94. The SMILES string of the molecule is CCC(C)[C@H](N)c1cc(C(F)(F)F)ccc1F. The van der Waals surface area contributed by atoms with Crippen molar-refractivity contribution in [1.82, 2.24) is 0 Å². The van der Waals surface area contributed by atoms with E-state index in [1.807, 2.05) is 6.92 Å². The molecule has 0 fully saturated rings. The molecule has 5 heteroatoms. The average molecular weight is 249 g/mol. The molecule has 1 rings (SSSR count). The minimum absolute atomic E-state index is 0.0748. The maximum Gasteiger partial charge on any atom is 0.416 e. The first kappa shape index (κ1) is 14.0. The van der Waals surface area contributed by atoms with E-state index in [-0.39, 0.29) is 11.5 Å². The van der Waals surface area contributed by atoms with E-state index in [9.17, 15) is 17.6 Å². The van der Waals surface area contributed by atoms with E-state index < -0.39 is 23.6 Å². The molecule has 0 saturated carbocycles. The van der Waals surface area contributed by atoms with Crippen LogP contribution in [0.1, 0.15) is 37.4 Å². The fourth-order valence-corrected chi connectivity index (χ4v) is 1.54. The number of halogens is 4. The Morgan fingerprint density at radius 2 is 1.88 bits per heavy atom. The van der Waals surface area contributed by atoms with Gasteiger partial charge in [0.25, 0.3) is 0 Å². The number of alkyl halides is 3. The molecule has 0 aliphatic rings. The van der Waals surface area contributed by atoms with Crippen LogP contribution in [0.3, 0.4) is 0 Å². The third kappa shape index (κ3) is 3.19. The molecule has 0 bridgehead atoms. The predicted octanol–water partition coefficient (Wildman–Crippen LogP) is 3.89. The molecule has 1 unspecified atom stereocenters. The van der Waals surface area contributed by atoms with Gasteiger partial charge in [0.05, 0.1) is 5.56 Å². The molecule has 0 radical (unpaired) electrons. The summed E-state index contributed by atoms with van der Waals surface area (Å²) in [5, 5.41) is 0. The number of hydrogen-bond acceptors (Lipinski definition) is 1. The topological polar surface area (TPSA) is 26.0 Å². The van der Waals surface area contributed by atoms with Gasteiger partial charge in [0.2, 0.25) is 0 Å². The summed E-state index contributed by atoms with van der Waals surface area (Å²) in [6.07, 6.45) is -3.80. The van der Waals surface area contributed by atoms with Gasteiger partial charge in [-0.25, -0.2) is 4.39 Å². The lowest BCUT2D eigenvalue weighted by Gasteiger charge is -2.20. The molecule has 96 valence electrons. The van der Waals surface area contributed by atoms with Crippen LogP contribution in [0.5, 0.6) is 0 Å². The van der Waals surface area contributed by atoms with Crippen LogP contribution in [0.15, 0.2) is 18.2 Å². The second-order valence-corrected chi connectivity index (χ2v) is 4.15. The normalized spacial score (nSPS) is 15.7. The van der Waals surface area contributed by atoms with Crippen molar-refractivity contribution in [1.29, 1.82) is 0 Å². The van der Waals surface area contributed by atoms with Gasteiger partial charge in [-0.15, -0.1) is 0 Å². The fourth-order valence-electron chi connectivity index (χ4n) is 1.54. The first-order valence-corrected chi connectivity index (χ1v) is 5.39. The van der Waals surface area contributed by atoms with Crippen molar-refractivity contribution in [2.75, 3.05) is 0 Å². The van der Waals surface area contributed by atoms with Gasteiger partial charge in [0.15, 0.2) is 0 Å². The van der Waals surface area contributed by atoms with Crippen molar-refractivity contribution >= 4 is 0 Å². The van der Waals surface area contributed by atoms with Crippen molar-refractivity contribution < 1.29 is 17.6 Å². The molecular weight excluding hydrogens is 234 g/mol. The summed E-state index contributed by atoms with van der Waals surface area (Å²) in [4.78, 5) is 0. The Kier molecular flexibility index (Phi) is 4.14. The number of benzene rings is 1. The van der Waals surface area contributed by atoms with Crippen LogP contribution in [0.4, 0.5) is 17.6 Å². The van der Waals surface area contributed by atoms with E-state index in [4.69, 9.17) is 5.73 Å². The lowest BCUT2D eigenvalue weighted by molar-refractivity contribution is -0.137. The highest BCUT2D eigenvalue weighted by atomic mass is 19.4. The van der Waals surface area contributed by atoms with Gasteiger partial charge in [0, 0.05) is 11.6 Å². The Bertz CT molecular complexity index is 387. The molecule has 0 saturated heterocycles. The van der Waals surface area contributed by atoms with Crippen molar-refractivity contribution in [3.05, 3.63) is 35.1 Å². The van der Waals surface area contributed by atoms with Crippen molar-refractivity contribution in [3.8, 4) is 0 Å². The maximum atomic E-state index is 13.5. The molecule has 2 atom stereocenters. The minimum atomic E-state index is -4.47. The molecule has 17 heavy (non-hydrogen) atoms. The van der Waals surface area contributed by atoms with Gasteiger partial charge in [-0.1, -0.05) is 20.3 Å². The molecule has 0 aromatic heterocycles. The van der Waals surface area contributed by atoms with Crippen LogP contribution in [-0.4, -0.2) is 0 Å². The van der Waals surface area contributed by atoms with Gasteiger partial charge >= 0.3 is 6.18 Å². The smallest absolute Gasteiger partial charge is 0.324 e. The van der Waals surface area contributed by atoms with E-state index >= 15 is 0 Å². The largest absolute Gasteiger partial charge is 0.416 e. The van der Waals surface area contributed by atoms with Gasteiger partial charge in [0.1, 0.15) is 5.82 Å². The standard InChI is InChI=1S/C12H15F4N/c1-3-7(2)11(17)9-6-8(12(14,15)16)4-5-10(9)13/h4-7,11H,3,17H2,1-2H3/t7?,11-/m0/s1. The molecule has 2 N–H and O–H groups in total. The lowest BCUT2D eigenvalue weighted by Crippen LogP contribution is -2.20. The van der Waals surface area contributed by atoms with Gasteiger partial charge in [-0.2, -0.15) is 13.2 Å². The number of rotatable bonds is 3. The second-order valence-electron chi connectivity index (χ2n) is 4.15. The maximum absolute atomic E-state index is 13.5. The molecule has 1 nitrogen and oxygen atoms in total. The Morgan fingerprint density at radius 3 is 2.35 bits per heavy atom. The highest BCUT2D eigenvalue weighted by molar-refractivity contribution is 5.29. The Balaban J connectivity index is 3.15. The van der Waals surface area contributed by atoms with Crippen LogP contribution in [-0.2, 0) is 6.18 Å². The summed E-state index contributed by atoms with van der Waals surface area (Å²) in [5.74, 6) is -0.765. The molecule has 0 aliphatic carbocycles.